The highest BCUT2D eigenvalue weighted by Crippen LogP contribution is 2.29. The summed E-state index contributed by atoms with van der Waals surface area (Å²) < 4.78 is 11.9. The first-order valence-corrected chi connectivity index (χ1v) is 14.1. The molecule has 1 fully saturated rings. The van der Waals surface area contributed by atoms with Crippen LogP contribution in [0.3, 0.4) is 0 Å². The molecule has 216 valence electrons. The van der Waals surface area contributed by atoms with Gasteiger partial charge in [0.25, 0.3) is 17.7 Å². The number of urea groups is 1. The Morgan fingerprint density at radius 1 is 0.907 bits per heavy atom. The van der Waals surface area contributed by atoms with Gasteiger partial charge in [0.05, 0.1) is 10.2 Å². The number of anilines is 2. The van der Waals surface area contributed by atoms with Crippen LogP contribution in [0, 0.1) is 0 Å². The highest BCUT2D eigenvalue weighted by molar-refractivity contribution is 9.10. The number of ether oxygens (including phenoxy) is 2. The first-order valence-electron chi connectivity index (χ1n) is 12.9. The summed E-state index contributed by atoms with van der Waals surface area (Å²) in [4.78, 5) is 51.7. The Bertz CT molecular complexity index is 1710. The lowest BCUT2D eigenvalue weighted by Crippen LogP contribution is -2.54. The normalized spacial score (nSPS) is 14.0. The first-order chi connectivity index (χ1) is 20.8. The number of rotatable bonds is 9. The van der Waals surface area contributed by atoms with Gasteiger partial charge in [0.15, 0.2) is 6.61 Å². The maximum absolute atomic E-state index is 13.3. The average molecular weight is 661 g/mol. The lowest BCUT2D eigenvalue weighted by Gasteiger charge is -2.26. The molecule has 5 rings (SSSR count). The van der Waals surface area contributed by atoms with E-state index in [0.29, 0.717) is 38.9 Å². The van der Waals surface area contributed by atoms with Crippen LogP contribution in [-0.2, 0) is 21.0 Å². The van der Waals surface area contributed by atoms with Gasteiger partial charge < -0.3 is 14.8 Å². The molecule has 4 aromatic rings. The summed E-state index contributed by atoms with van der Waals surface area (Å²) in [5.41, 5.74) is 2.11. The van der Waals surface area contributed by atoms with Gasteiger partial charge in [-0.15, -0.1) is 0 Å². The van der Waals surface area contributed by atoms with Crippen LogP contribution in [0.4, 0.5) is 16.2 Å². The minimum absolute atomic E-state index is 0.230. The molecule has 5 amide bonds. The highest BCUT2D eigenvalue weighted by Gasteiger charge is 2.36. The summed E-state index contributed by atoms with van der Waals surface area (Å²) in [7, 11) is 0. The van der Waals surface area contributed by atoms with Crippen LogP contribution in [0.1, 0.15) is 11.1 Å². The van der Waals surface area contributed by atoms with Crippen LogP contribution in [0.2, 0.25) is 5.02 Å². The van der Waals surface area contributed by atoms with Crippen molar-refractivity contribution in [1.29, 1.82) is 0 Å². The van der Waals surface area contributed by atoms with E-state index in [2.05, 4.69) is 26.6 Å². The molecule has 0 unspecified atom stereocenters. The molecular formula is C32H23BrClN3O6. The molecule has 1 aliphatic rings. The lowest BCUT2D eigenvalue weighted by atomic mass is 10.1. The van der Waals surface area contributed by atoms with Gasteiger partial charge >= 0.3 is 6.03 Å². The van der Waals surface area contributed by atoms with Crippen molar-refractivity contribution in [2.45, 2.75) is 6.61 Å². The largest absolute Gasteiger partial charge is 0.489 e. The van der Waals surface area contributed by atoms with Crippen LogP contribution < -0.4 is 25.0 Å². The Hall–Kier alpha value is -4.93. The predicted octanol–water partition coefficient (Wildman–Crippen LogP) is 6.37. The Balaban J connectivity index is 1.24. The maximum atomic E-state index is 13.3. The van der Waals surface area contributed by atoms with E-state index in [4.69, 9.17) is 21.1 Å². The number of hydrogen-bond acceptors (Lipinski definition) is 6. The predicted molar refractivity (Wildman–Crippen MR) is 166 cm³/mol. The van der Waals surface area contributed by atoms with E-state index >= 15 is 0 Å². The zero-order valence-electron chi connectivity index (χ0n) is 22.4. The number of hydrogen-bond donors (Lipinski definition) is 2. The quantitative estimate of drug-likeness (QED) is 0.159. The zero-order valence-corrected chi connectivity index (χ0v) is 24.7. The Morgan fingerprint density at radius 3 is 2.33 bits per heavy atom. The van der Waals surface area contributed by atoms with Crippen molar-refractivity contribution in [3.05, 3.63) is 123 Å². The maximum Gasteiger partial charge on any atom is 0.335 e. The number of nitrogens with one attached hydrogen (secondary N) is 2. The summed E-state index contributed by atoms with van der Waals surface area (Å²) in [6.45, 7) is 0.108. The third-order valence-corrected chi connectivity index (χ3v) is 7.07. The molecule has 1 aliphatic heterocycles. The molecule has 4 aromatic carbocycles. The molecular weight excluding hydrogens is 638 g/mol. The van der Waals surface area contributed by atoms with Crippen molar-refractivity contribution in [3.8, 4) is 11.5 Å². The second-order valence-corrected chi connectivity index (χ2v) is 10.6. The third kappa shape index (κ3) is 7.48. The van der Waals surface area contributed by atoms with E-state index < -0.39 is 17.8 Å². The van der Waals surface area contributed by atoms with Crippen molar-refractivity contribution in [3.63, 3.8) is 0 Å². The fraction of sp³-hybridized carbons (Fsp3) is 0.0625. The summed E-state index contributed by atoms with van der Waals surface area (Å²) in [5, 5.41) is 5.47. The van der Waals surface area contributed by atoms with Gasteiger partial charge in [-0.3, -0.25) is 19.7 Å². The molecule has 1 heterocycles. The molecule has 0 saturated carbocycles. The van der Waals surface area contributed by atoms with Crippen LogP contribution in [0.25, 0.3) is 6.08 Å². The number of imide groups is 2. The first kappa shape index (κ1) is 29.6. The van der Waals surface area contributed by atoms with Crippen molar-refractivity contribution in [2.75, 3.05) is 16.8 Å². The van der Waals surface area contributed by atoms with Gasteiger partial charge in [-0.25, -0.2) is 9.69 Å². The number of carbonyl (C=O) groups is 4. The molecule has 0 bridgehead atoms. The van der Waals surface area contributed by atoms with E-state index in [1.807, 2.05) is 30.3 Å². The van der Waals surface area contributed by atoms with Crippen molar-refractivity contribution >= 4 is 68.7 Å². The molecule has 0 aromatic heterocycles. The smallest absolute Gasteiger partial charge is 0.335 e. The van der Waals surface area contributed by atoms with Gasteiger partial charge in [-0.2, -0.15) is 0 Å². The number of amides is 5. The topological polar surface area (TPSA) is 114 Å². The lowest BCUT2D eigenvalue weighted by molar-refractivity contribution is -0.122. The zero-order chi connectivity index (χ0) is 30.3. The van der Waals surface area contributed by atoms with Gasteiger partial charge in [0.2, 0.25) is 0 Å². The fourth-order valence-corrected chi connectivity index (χ4v) is 4.73. The summed E-state index contributed by atoms with van der Waals surface area (Å²) in [5.74, 6) is -1.03. The molecule has 11 heteroatoms. The number of carbonyl (C=O) groups excluding carboxylic acids is 4. The Kier molecular flexibility index (Phi) is 9.19. The Labute approximate surface area is 260 Å². The van der Waals surface area contributed by atoms with Crippen molar-refractivity contribution in [1.82, 2.24) is 5.32 Å². The molecule has 2 N–H and O–H groups in total. The summed E-state index contributed by atoms with van der Waals surface area (Å²) in [6.07, 6.45) is 1.37. The monoisotopic (exact) mass is 659 g/mol. The van der Waals surface area contributed by atoms with Crippen LogP contribution in [-0.4, -0.2) is 30.4 Å². The van der Waals surface area contributed by atoms with Crippen molar-refractivity contribution < 1.29 is 28.7 Å². The average Bonchev–Trinajstić information content (AvgIpc) is 3.00. The van der Waals surface area contributed by atoms with E-state index in [1.165, 1.54) is 6.08 Å². The minimum Gasteiger partial charge on any atom is -0.489 e. The van der Waals surface area contributed by atoms with E-state index in [-0.39, 0.29) is 23.8 Å². The molecule has 9 nitrogen and oxygen atoms in total. The molecule has 0 spiro atoms. The number of nitrogens with zero attached hydrogens (tertiary/aromatic N) is 1. The molecule has 1 saturated heterocycles. The van der Waals surface area contributed by atoms with Gasteiger partial charge in [0, 0.05) is 10.7 Å². The van der Waals surface area contributed by atoms with E-state index in [0.717, 1.165) is 10.5 Å². The summed E-state index contributed by atoms with van der Waals surface area (Å²) in [6, 6.07) is 26.7. The minimum atomic E-state index is -0.855. The SMILES string of the molecule is O=C(COc1ccc(/C=C2\C(=O)NC(=O)N(c3ccc(OCc4ccccc4)cc3)C2=O)cc1Br)Nc1ccc(Cl)cc1. The van der Waals surface area contributed by atoms with Gasteiger partial charge in [0.1, 0.15) is 23.7 Å². The van der Waals surface area contributed by atoms with Crippen LogP contribution >= 0.6 is 27.5 Å². The van der Waals surface area contributed by atoms with Gasteiger partial charge in [-0.1, -0.05) is 48.0 Å². The third-order valence-electron chi connectivity index (χ3n) is 6.20. The number of halogens is 2. The molecule has 0 atom stereocenters. The molecule has 0 radical (unpaired) electrons. The second kappa shape index (κ2) is 13.4. The Morgan fingerprint density at radius 2 is 1.63 bits per heavy atom. The number of barbiturate groups is 1. The van der Waals surface area contributed by atoms with Crippen LogP contribution in [0.15, 0.2) is 107 Å². The molecule has 43 heavy (non-hydrogen) atoms. The van der Waals surface area contributed by atoms with Crippen LogP contribution in [0.5, 0.6) is 11.5 Å². The molecule has 0 aliphatic carbocycles. The fourth-order valence-electron chi connectivity index (χ4n) is 4.09. The summed E-state index contributed by atoms with van der Waals surface area (Å²) >= 11 is 9.26. The highest BCUT2D eigenvalue weighted by atomic mass is 79.9. The standard InChI is InChI=1S/C32H23BrClN3O6/c33-27-17-21(6-15-28(27)43-19-29(38)35-23-9-7-22(34)8-10-23)16-26-30(39)36-32(41)37(31(26)40)24-11-13-25(14-12-24)42-18-20-4-2-1-3-5-20/h1-17H,18-19H2,(H,35,38)(H,36,39,41)/b26-16+. The van der Waals surface area contributed by atoms with E-state index in [9.17, 15) is 19.2 Å². The van der Waals surface area contributed by atoms with Crippen molar-refractivity contribution in [2.24, 2.45) is 0 Å². The second-order valence-electron chi connectivity index (χ2n) is 9.26. The van der Waals surface area contributed by atoms with Gasteiger partial charge in [-0.05, 0) is 93.8 Å². The number of benzene rings is 4. The van der Waals surface area contributed by atoms with E-state index in [1.54, 1.807) is 66.7 Å².